The summed E-state index contributed by atoms with van der Waals surface area (Å²) in [7, 11) is 0. The minimum absolute atomic E-state index is 0.309. The third-order valence-corrected chi connectivity index (χ3v) is 3.09. The fourth-order valence-electron chi connectivity index (χ4n) is 2.17. The monoisotopic (exact) mass is 255 g/mol. The summed E-state index contributed by atoms with van der Waals surface area (Å²) in [5.41, 5.74) is 4.33. The van der Waals surface area contributed by atoms with Crippen molar-refractivity contribution in [3.63, 3.8) is 0 Å². The predicted octanol–water partition coefficient (Wildman–Crippen LogP) is 3.64. The van der Waals surface area contributed by atoms with Crippen LogP contribution in [0.5, 0.6) is 0 Å². The van der Waals surface area contributed by atoms with Crippen molar-refractivity contribution in [1.29, 1.82) is 0 Å². The summed E-state index contributed by atoms with van der Waals surface area (Å²) in [6.07, 6.45) is 5.54. The number of rotatable bonds is 6. The van der Waals surface area contributed by atoms with Crippen molar-refractivity contribution in [2.45, 2.75) is 32.7 Å². The minimum Gasteiger partial charge on any atom is -0.310 e. The maximum absolute atomic E-state index is 4.37. The lowest BCUT2D eigenvalue weighted by Crippen LogP contribution is -2.22. The fourth-order valence-corrected chi connectivity index (χ4v) is 2.17. The standard InChI is InChI=1S/C16H21N3/c1-4-7-17-15(10-12(2)3)13-5-6-14-16(11-13)19-9-8-18-14/h5-6,8-9,11,15,17H,2,4,7,10H2,1,3H3. The van der Waals surface area contributed by atoms with Gasteiger partial charge in [0.05, 0.1) is 11.0 Å². The average Bonchev–Trinajstić information content (AvgIpc) is 2.42. The van der Waals surface area contributed by atoms with Crippen molar-refractivity contribution in [2.75, 3.05) is 6.54 Å². The lowest BCUT2D eigenvalue weighted by atomic mass is 9.99. The fraction of sp³-hybridized carbons (Fsp3) is 0.375. The number of aromatic nitrogens is 2. The number of fused-ring (bicyclic) bond motifs is 1. The lowest BCUT2D eigenvalue weighted by Gasteiger charge is -2.19. The Hall–Kier alpha value is -1.74. The Kier molecular flexibility index (Phi) is 4.63. The van der Waals surface area contributed by atoms with Gasteiger partial charge in [0, 0.05) is 18.4 Å². The molecule has 0 spiro atoms. The largest absolute Gasteiger partial charge is 0.310 e. The maximum Gasteiger partial charge on any atom is 0.0890 e. The normalized spacial score (nSPS) is 12.5. The van der Waals surface area contributed by atoms with E-state index >= 15 is 0 Å². The van der Waals surface area contributed by atoms with Crippen LogP contribution in [0.25, 0.3) is 11.0 Å². The van der Waals surface area contributed by atoms with Crippen LogP contribution in [0.2, 0.25) is 0 Å². The highest BCUT2D eigenvalue weighted by Crippen LogP contribution is 2.23. The van der Waals surface area contributed by atoms with Gasteiger partial charge < -0.3 is 5.32 Å². The minimum atomic E-state index is 0.309. The van der Waals surface area contributed by atoms with Crippen molar-refractivity contribution in [2.24, 2.45) is 0 Å². The Morgan fingerprint density at radius 2 is 2.00 bits per heavy atom. The second-order valence-electron chi connectivity index (χ2n) is 4.97. The molecule has 0 aliphatic rings. The highest BCUT2D eigenvalue weighted by atomic mass is 14.9. The Morgan fingerprint density at radius 1 is 1.26 bits per heavy atom. The third kappa shape index (κ3) is 3.61. The first-order valence-corrected chi connectivity index (χ1v) is 6.79. The Labute approximate surface area is 114 Å². The van der Waals surface area contributed by atoms with Crippen LogP contribution in [0.3, 0.4) is 0 Å². The van der Waals surface area contributed by atoms with Gasteiger partial charge in [0.25, 0.3) is 0 Å². The first-order valence-electron chi connectivity index (χ1n) is 6.79. The van der Waals surface area contributed by atoms with Gasteiger partial charge in [0.1, 0.15) is 0 Å². The third-order valence-electron chi connectivity index (χ3n) is 3.09. The van der Waals surface area contributed by atoms with Crippen molar-refractivity contribution >= 4 is 11.0 Å². The first kappa shape index (κ1) is 13.7. The van der Waals surface area contributed by atoms with E-state index < -0.39 is 0 Å². The smallest absolute Gasteiger partial charge is 0.0890 e. The predicted molar refractivity (Wildman–Crippen MR) is 80.0 cm³/mol. The van der Waals surface area contributed by atoms with Gasteiger partial charge in [-0.05, 0) is 44.0 Å². The van der Waals surface area contributed by atoms with Gasteiger partial charge in [0.2, 0.25) is 0 Å². The number of hydrogen-bond acceptors (Lipinski definition) is 3. The van der Waals surface area contributed by atoms with E-state index in [1.54, 1.807) is 12.4 Å². The second kappa shape index (κ2) is 6.43. The molecule has 19 heavy (non-hydrogen) atoms. The molecule has 0 saturated carbocycles. The van der Waals surface area contributed by atoms with Crippen molar-refractivity contribution in [3.05, 3.63) is 48.3 Å². The van der Waals surface area contributed by atoms with Crippen LogP contribution < -0.4 is 5.32 Å². The van der Waals surface area contributed by atoms with E-state index in [4.69, 9.17) is 0 Å². The Morgan fingerprint density at radius 3 is 2.68 bits per heavy atom. The molecule has 100 valence electrons. The molecule has 1 unspecified atom stereocenters. The molecule has 2 aromatic rings. The SMILES string of the molecule is C=C(C)CC(NCCC)c1ccc2nccnc2c1. The van der Waals surface area contributed by atoms with Crippen molar-refractivity contribution in [3.8, 4) is 0 Å². The first-order chi connectivity index (χ1) is 9.20. The summed E-state index contributed by atoms with van der Waals surface area (Å²) in [4.78, 5) is 8.68. The van der Waals surface area contributed by atoms with Gasteiger partial charge >= 0.3 is 0 Å². The van der Waals surface area contributed by atoms with Gasteiger partial charge in [-0.15, -0.1) is 6.58 Å². The summed E-state index contributed by atoms with van der Waals surface area (Å²) in [6.45, 7) is 9.28. The van der Waals surface area contributed by atoms with Gasteiger partial charge in [-0.2, -0.15) is 0 Å². The molecule has 0 fully saturated rings. The average molecular weight is 255 g/mol. The second-order valence-corrected chi connectivity index (χ2v) is 4.97. The van der Waals surface area contributed by atoms with Crippen LogP contribution in [-0.4, -0.2) is 16.5 Å². The van der Waals surface area contributed by atoms with Gasteiger partial charge in [-0.3, -0.25) is 9.97 Å². The topological polar surface area (TPSA) is 37.8 Å². The summed E-state index contributed by atoms with van der Waals surface area (Å²) < 4.78 is 0. The van der Waals surface area contributed by atoms with E-state index in [2.05, 4.69) is 47.8 Å². The van der Waals surface area contributed by atoms with Crippen LogP contribution >= 0.6 is 0 Å². The highest BCUT2D eigenvalue weighted by Gasteiger charge is 2.11. The van der Waals surface area contributed by atoms with Crippen LogP contribution in [0.4, 0.5) is 0 Å². The zero-order valence-electron chi connectivity index (χ0n) is 11.7. The van der Waals surface area contributed by atoms with E-state index in [0.717, 1.165) is 30.4 Å². The number of nitrogens with zero attached hydrogens (tertiary/aromatic N) is 2. The molecule has 3 nitrogen and oxygen atoms in total. The summed E-state index contributed by atoms with van der Waals surface area (Å²) in [5, 5.41) is 3.57. The summed E-state index contributed by atoms with van der Waals surface area (Å²) in [5.74, 6) is 0. The molecule has 0 radical (unpaired) electrons. The molecular weight excluding hydrogens is 234 g/mol. The van der Waals surface area contributed by atoms with E-state index in [1.807, 2.05) is 6.07 Å². The molecule has 0 aliphatic carbocycles. The molecule has 3 heteroatoms. The van der Waals surface area contributed by atoms with Gasteiger partial charge in [-0.1, -0.05) is 18.6 Å². The molecule has 0 bridgehead atoms. The summed E-state index contributed by atoms with van der Waals surface area (Å²) in [6, 6.07) is 6.60. The van der Waals surface area contributed by atoms with Gasteiger partial charge in [-0.25, -0.2) is 0 Å². The van der Waals surface area contributed by atoms with E-state index in [9.17, 15) is 0 Å². The van der Waals surface area contributed by atoms with Crippen molar-refractivity contribution < 1.29 is 0 Å². The Bertz CT molecular complexity index is 563. The molecule has 0 amide bonds. The Balaban J connectivity index is 2.29. The van der Waals surface area contributed by atoms with Crippen molar-refractivity contribution in [1.82, 2.24) is 15.3 Å². The van der Waals surface area contributed by atoms with Crippen LogP contribution in [-0.2, 0) is 0 Å². The molecular formula is C16H21N3. The zero-order chi connectivity index (χ0) is 13.7. The summed E-state index contributed by atoms with van der Waals surface area (Å²) >= 11 is 0. The van der Waals surface area contributed by atoms with E-state index in [-0.39, 0.29) is 0 Å². The zero-order valence-corrected chi connectivity index (χ0v) is 11.7. The van der Waals surface area contributed by atoms with E-state index in [1.165, 1.54) is 11.1 Å². The van der Waals surface area contributed by atoms with Gasteiger partial charge in [0.15, 0.2) is 0 Å². The molecule has 1 heterocycles. The lowest BCUT2D eigenvalue weighted by molar-refractivity contribution is 0.528. The molecule has 0 aliphatic heterocycles. The van der Waals surface area contributed by atoms with Crippen LogP contribution in [0.15, 0.2) is 42.7 Å². The molecule has 1 N–H and O–H groups in total. The molecule has 1 aromatic heterocycles. The van der Waals surface area contributed by atoms with E-state index in [0.29, 0.717) is 6.04 Å². The highest BCUT2D eigenvalue weighted by molar-refractivity contribution is 5.74. The number of benzene rings is 1. The molecule has 1 atom stereocenters. The molecule has 0 saturated heterocycles. The quantitative estimate of drug-likeness (QED) is 0.801. The number of hydrogen-bond donors (Lipinski definition) is 1. The molecule has 1 aromatic carbocycles. The maximum atomic E-state index is 4.37. The molecule has 2 rings (SSSR count). The van der Waals surface area contributed by atoms with Crippen LogP contribution in [0.1, 0.15) is 38.3 Å². The van der Waals surface area contributed by atoms with Crippen LogP contribution in [0, 0.1) is 0 Å². The number of nitrogens with one attached hydrogen (secondary N) is 1.